The second-order valence-corrected chi connectivity index (χ2v) is 7.93. The van der Waals surface area contributed by atoms with Crippen LogP contribution in [0.4, 0.5) is 20.3 Å². The number of hydrogen-bond acceptors (Lipinski definition) is 5. The maximum atomic E-state index is 15.4. The van der Waals surface area contributed by atoms with E-state index in [1.165, 1.54) is 0 Å². The zero-order valence-corrected chi connectivity index (χ0v) is 17.3. The highest BCUT2D eigenvalue weighted by Gasteiger charge is 2.43. The number of carbonyl (C=O) groups excluding carboxylic acids is 1. The molecule has 0 spiro atoms. The van der Waals surface area contributed by atoms with Crippen LogP contribution in [-0.2, 0) is 11.2 Å². The highest BCUT2D eigenvalue weighted by Crippen LogP contribution is 2.39. The summed E-state index contributed by atoms with van der Waals surface area (Å²) in [5, 5.41) is 10.4. The molecule has 0 aliphatic heterocycles. The molecule has 2 N–H and O–H groups in total. The molecule has 2 unspecified atom stereocenters. The Bertz CT molecular complexity index is 1330. The zero-order chi connectivity index (χ0) is 21.9. The van der Waals surface area contributed by atoms with Crippen LogP contribution in [0.15, 0.2) is 24.8 Å². The number of aromatic nitrogens is 5. The van der Waals surface area contributed by atoms with Crippen LogP contribution >= 0.6 is 0 Å². The molecule has 5 rings (SSSR count). The first kappa shape index (κ1) is 19.4. The van der Waals surface area contributed by atoms with E-state index >= 15 is 4.39 Å². The largest absolute Gasteiger partial charge is 0.374 e. The Morgan fingerprint density at radius 1 is 1.35 bits per heavy atom. The number of carbonyl (C=O) groups is 1. The van der Waals surface area contributed by atoms with E-state index in [-0.39, 0.29) is 18.1 Å². The van der Waals surface area contributed by atoms with Gasteiger partial charge in [-0.15, -0.1) is 0 Å². The van der Waals surface area contributed by atoms with Gasteiger partial charge in [-0.05, 0) is 18.4 Å². The number of hydrogen-bond donors (Lipinski definition) is 2. The number of fused-ring (bicyclic) bond motifs is 2. The van der Waals surface area contributed by atoms with Crippen LogP contribution in [0.3, 0.4) is 0 Å². The number of benzene rings is 1. The lowest BCUT2D eigenvalue weighted by atomic mass is 9.96. The molecular weight excluding hydrogens is 404 g/mol. The van der Waals surface area contributed by atoms with Crippen molar-refractivity contribution >= 4 is 34.0 Å². The first-order valence-corrected chi connectivity index (χ1v) is 10.0. The molecule has 1 aliphatic rings. The van der Waals surface area contributed by atoms with Gasteiger partial charge in [-0.1, -0.05) is 6.92 Å². The molecule has 1 amide bonds. The van der Waals surface area contributed by atoms with Gasteiger partial charge < -0.3 is 14.6 Å². The molecule has 10 heteroatoms. The summed E-state index contributed by atoms with van der Waals surface area (Å²) in [5.74, 6) is -0.969. The summed E-state index contributed by atoms with van der Waals surface area (Å²) in [4.78, 5) is 22.6. The maximum Gasteiger partial charge on any atom is 0.231 e. The van der Waals surface area contributed by atoms with Gasteiger partial charge in [0.25, 0.3) is 0 Å². The Morgan fingerprint density at radius 3 is 2.81 bits per heavy atom. The number of H-pyrrole nitrogens is 1. The van der Waals surface area contributed by atoms with Crippen molar-refractivity contribution < 1.29 is 13.6 Å². The molecule has 1 fully saturated rings. The van der Waals surface area contributed by atoms with Gasteiger partial charge in [0.1, 0.15) is 6.17 Å². The van der Waals surface area contributed by atoms with Crippen LogP contribution in [0.2, 0.25) is 0 Å². The van der Waals surface area contributed by atoms with E-state index in [9.17, 15) is 9.18 Å². The number of nitrogens with one attached hydrogen (secondary N) is 2. The van der Waals surface area contributed by atoms with Crippen molar-refractivity contribution in [2.45, 2.75) is 25.9 Å². The lowest BCUT2D eigenvalue weighted by molar-refractivity contribution is -0.117. The maximum absolute atomic E-state index is 15.4. The van der Waals surface area contributed by atoms with Gasteiger partial charge in [0, 0.05) is 31.2 Å². The third kappa shape index (κ3) is 3.09. The minimum absolute atomic E-state index is 0.250. The number of rotatable bonds is 5. The van der Waals surface area contributed by atoms with Crippen molar-refractivity contribution in [2.24, 2.45) is 5.92 Å². The molecule has 31 heavy (non-hydrogen) atoms. The average molecular weight is 425 g/mol. The SMILES string of the molecule is CCc1c(F)c(N(C)C)c2[nH]ncc2c1-c1cn2cc(NC(=O)C3CC3F)nc2cn1. The number of aromatic amines is 1. The van der Waals surface area contributed by atoms with E-state index in [2.05, 4.69) is 25.5 Å². The van der Waals surface area contributed by atoms with Crippen LogP contribution in [-0.4, -0.2) is 50.7 Å². The first-order chi connectivity index (χ1) is 14.9. The predicted molar refractivity (Wildman–Crippen MR) is 113 cm³/mol. The highest BCUT2D eigenvalue weighted by molar-refractivity contribution is 6.02. The lowest BCUT2D eigenvalue weighted by Crippen LogP contribution is -2.15. The zero-order valence-electron chi connectivity index (χ0n) is 17.3. The van der Waals surface area contributed by atoms with Crippen molar-refractivity contribution in [1.29, 1.82) is 0 Å². The molecule has 2 atom stereocenters. The minimum Gasteiger partial charge on any atom is -0.374 e. The third-order valence-electron chi connectivity index (χ3n) is 5.62. The lowest BCUT2D eigenvalue weighted by Gasteiger charge is -2.19. The van der Waals surface area contributed by atoms with Gasteiger partial charge in [-0.3, -0.25) is 14.9 Å². The second-order valence-electron chi connectivity index (χ2n) is 7.93. The fraction of sp³-hybridized carbons (Fsp3) is 0.333. The van der Waals surface area contributed by atoms with E-state index in [4.69, 9.17) is 0 Å². The highest BCUT2D eigenvalue weighted by atomic mass is 19.1. The monoisotopic (exact) mass is 425 g/mol. The number of imidazole rings is 1. The standard InChI is InChI=1S/C21H21F2N7O/c1-4-10-17(12-6-25-28-19(12)20(18(10)23)29(2)3)14-8-30-9-15(26-16(30)7-24-14)27-21(31)11-5-13(11)22/h6-9,11,13H,4-5H2,1-3H3,(H,25,28)(H,27,31). The fourth-order valence-corrected chi connectivity index (χ4v) is 3.97. The van der Waals surface area contributed by atoms with Crippen LogP contribution in [0.5, 0.6) is 0 Å². The molecule has 0 radical (unpaired) electrons. The van der Waals surface area contributed by atoms with E-state index in [0.29, 0.717) is 45.9 Å². The summed E-state index contributed by atoms with van der Waals surface area (Å²) < 4.78 is 30.3. The molecule has 1 aliphatic carbocycles. The van der Waals surface area contributed by atoms with Gasteiger partial charge in [-0.2, -0.15) is 5.10 Å². The number of amides is 1. The Kier molecular flexibility index (Phi) is 4.38. The van der Waals surface area contributed by atoms with E-state index in [0.717, 1.165) is 5.39 Å². The van der Waals surface area contributed by atoms with Crippen molar-refractivity contribution in [3.8, 4) is 11.3 Å². The summed E-state index contributed by atoms with van der Waals surface area (Å²) >= 11 is 0. The molecule has 0 bridgehead atoms. The van der Waals surface area contributed by atoms with Crippen molar-refractivity contribution in [3.05, 3.63) is 36.2 Å². The smallest absolute Gasteiger partial charge is 0.231 e. The molecule has 8 nitrogen and oxygen atoms in total. The summed E-state index contributed by atoms with van der Waals surface area (Å²) in [6, 6.07) is 0. The molecule has 1 aromatic carbocycles. The Labute approximate surface area is 176 Å². The van der Waals surface area contributed by atoms with Crippen molar-refractivity contribution in [1.82, 2.24) is 24.6 Å². The van der Waals surface area contributed by atoms with Crippen LogP contribution < -0.4 is 10.2 Å². The van der Waals surface area contributed by atoms with Gasteiger partial charge in [0.15, 0.2) is 17.3 Å². The normalized spacial score (nSPS) is 18.0. The number of halogens is 2. The summed E-state index contributed by atoms with van der Waals surface area (Å²) in [7, 11) is 3.58. The minimum atomic E-state index is -1.07. The van der Waals surface area contributed by atoms with Gasteiger partial charge in [-0.25, -0.2) is 13.8 Å². The summed E-state index contributed by atoms with van der Waals surface area (Å²) in [5.41, 5.74) is 3.32. The van der Waals surface area contributed by atoms with E-state index in [1.807, 2.05) is 6.92 Å². The number of anilines is 2. The van der Waals surface area contributed by atoms with Gasteiger partial charge >= 0.3 is 0 Å². The van der Waals surface area contributed by atoms with E-state index in [1.54, 1.807) is 48.2 Å². The first-order valence-electron chi connectivity index (χ1n) is 10.0. The van der Waals surface area contributed by atoms with Gasteiger partial charge in [0.2, 0.25) is 5.91 Å². The number of nitrogens with zero attached hydrogens (tertiary/aromatic N) is 5. The predicted octanol–water partition coefficient (Wildman–Crippen LogP) is 3.34. The summed E-state index contributed by atoms with van der Waals surface area (Å²) in [6.07, 6.45) is 6.25. The van der Waals surface area contributed by atoms with Crippen molar-refractivity contribution in [2.75, 3.05) is 24.3 Å². The Balaban J connectivity index is 1.61. The fourth-order valence-electron chi connectivity index (χ4n) is 3.97. The van der Waals surface area contributed by atoms with Crippen LogP contribution in [0.25, 0.3) is 27.8 Å². The molecule has 160 valence electrons. The molecular formula is C21H21F2N7O. The number of alkyl halides is 1. The van der Waals surface area contributed by atoms with Crippen LogP contribution in [0.1, 0.15) is 18.9 Å². The average Bonchev–Trinajstić information content (AvgIpc) is 3.11. The van der Waals surface area contributed by atoms with Crippen LogP contribution in [0, 0.1) is 11.7 Å². The Morgan fingerprint density at radius 2 is 2.13 bits per heavy atom. The van der Waals surface area contributed by atoms with Gasteiger partial charge in [0.05, 0.1) is 41.4 Å². The third-order valence-corrected chi connectivity index (χ3v) is 5.62. The quantitative estimate of drug-likeness (QED) is 0.512. The topological polar surface area (TPSA) is 91.2 Å². The van der Waals surface area contributed by atoms with Crippen molar-refractivity contribution in [3.63, 3.8) is 0 Å². The molecule has 0 saturated heterocycles. The second kappa shape index (κ2) is 7.00. The summed E-state index contributed by atoms with van der Waals surface area (Å²) in [6.45, 7) is 1.90. The molecule has 3 aromatic heterocycles. The molecule has 1 saturated carbocycles. The van der Waals surface area contributed by atoms with E-state index < -0.39 is 12.1 Å². The molecule has 3 heterocycles. The Hall–Kier alpha value is -3.56. The molecule has 4 aromatic rings.